The number of para-hydroxylation sites is 1. The van der Waals surface area contributed by atoms with Crippen molar-refractivity contribution in [3.8, 4) is 16.9 Å². The number of hydrogen-bond donors (Lipinski definition) is 1. The first-order chi connectivity index (χ1) is 15.5. The van der Waals surface area contributed by atoms with Gasteiger partial charge in [-0.2, -0.15) is 0 Å². The molecule has 0 radical (unpaired) electrons. The smallest absolute Gasteiger partial charge is 0.310 e. The van der Waals surface area contributed by atoms with Crippen molar-refractivity contribution >= 4 is 16.9 Å². The number of aryl methyl sites for hydroxylation is 1. The van der Waals surface area contributed by atoms with Crippen LogP contribution in [0, 0.1) is 12.7 Å². The van der Waals surface area contributed by atoms with E-state index in [2.05, 4.69) is 0 Å². The minimum Gasteiger partial charge on any atom is -0.489 e. The number of furan rings is 1. The summed E-state index contributed by atoms with van der Waals surface area (Å²) in [4.78, 5) is 11.7. The molecule has 0 spiro atoms. The molecule has 164 valence electrons. The molecule has 0 aliphatic heterocycles. The molecule has 4 rings (SSSR count). The summed E-state index contributed by atoms with van der Waals surface area (Å²) < 4.78 is 31.8. The number of rotatable bonds is 7. The first kappa shape index (κ1) is 21.6. The van der Waals surface area contributed by atoms with Crippen molar-refractivity contribution in [2.75, 3.05) is 7.11 Å². The molecule has 0 amide bonds. The molecule has 6 heteroatoms. The van der Waals surface area contributed by atoms with Gasteiger partial charge in [-0.15, -0.1) is 0 Å². The van der Waals surface area contributed by atoms with Crippen LogP contribution >= 0.6 is 0 Å². The number of fused-ring (bicyclic) bond motifs is 1. The number of nitrogens with two attached hydrogens (primary N) is 1. The summed E-state index contributed by atoms with van der Waals surface area (Å²) >= 11 is 0. The minimum atomic E-state index is -0.355. The van der Waals surface area contributed by atoms with Crippen molar-refractivity contribution < 1.29 is 23.1 Å². The van der Waals surface area contributed by atoms with Gasteiger partial charge in [-0.25, -0.2) is 4.39 Å². The van der Waals surface area contributed by atoms with Crippen molar-refractivity contribution in [1.82, 2.24) is 0 Å². The third-order valence-corrected chi connectivity index (χ3v) is 5.32. The first-order valence-corrected chi connectivity index (χ1v) is 10.3. The highest BCUT2D eigenvalue weighted by atomic mass is 19.1. The number of halogens is 1. The lowest BCUT2D eigenvalue weighted by molar-refractivity contribution is -0.139. The first-order valence-electron chi connectivity index (χ1n) is 10.3. The molecule has 0 aliphatic carbocycles. The van der Waals surface area contributed by atoms with E-state index in [-0.39, 0.29) is 31.4 Å². The Bertz CT molecular complexity index is 1280. The quantitative estimate of drug-likeness (QED) is 0.400. The zero-order valence-electron chi connectivity index (χ0n) is 18.0. The Kier molecular flexibility index (Phi) is 6.23. The van der Waals surface area contributed by atoms with E-state index < -0.39 is 0 Å². The molecule has 0 fully saturated rings. The van der Waals surface area contributed by atoms with Crippen LogP contribution in [0.2, 0.25) is 0 Å². The Morgan fingerprint density at radius 2 is 1.81 bits per heavy atom. The molecule has 0 unspecified atom stereocenters. The van der Waals surface area contributed by atoms with Crippen molar-refractivity contribution in [3.63, 3.8) is 0 Å². The van der Waals surface area contributed by atoms with Crippen molar-refractivity contribution in [2.24, 2.45) is 5.73 Å². The summed E-state index contributed by atoms with van der Waals surface area (Å²) in [7, 11) is 1.36. The van der Waals surface area contributed by atoms with E-state index in [1.165, 1.54) is 7.11 Å². The number of carbonyl (C=O) groups is 1. The Balaban J connectivity index is 1.71. The van der Waals surface area contributed by atoms with Gasteiger partial charge in [0.2, 0.25) is 0 Å². The second kappa shape index (κ2) is 9.24. The van der Waals surface area contributed by atoms with Crippen LogP contribution in [0.15, 0.2) is 65.1 Å². The molecule has 4 aromatic rings. The highest BCUT2D eigenvalue weighted by molar-refractivity contribution is 5.94. The third-order valence-electron chi connectivity index (χ3n) is 5.32. The van der Waals surface area contributed by atoms with Crippen LogP contribution in [0.3, 0.4) is 0 Å². The van der Waals surface area contributed by atoms with Crippen LogP contribution in [0.25, 0.3) is 22.1 Å². The summed E-state index contributed by atoms with van der Waals surface area (Å²) in [6.07, 6.45) is 0.120. The van der Waals surface area contributed by atoms with Crippen molar-refractivity contribution in [2.45, 2.75) is 26.5 Å². The number of esters is 1. The number of hydrogen-bond acceptors (Lipinski definition) is 5. The molecule has 0 saturated heterocycles. The van der Waals surface area contributed by atoms with Gasteiger partial charge in [-0.1, -0.05) is 36.4 Å². The zero-order valence-corrected chi connectivity index (χ0v) is 18.0. The lowest BCUT2D eigenvalue weighted by Gasteiger charge is -2.13. The van der Waals surface area contributed by atoms with E-state index in [1.54, 1.807) is 18.2 Å². The molecular weight excluding hydrogens is 409 g/mol. The summed E-state index contributed by atoms with van der Waals surface area (Å²) in [6.45, 7) is 2.21. The van der Waals surface area contributed by atoms with Gasteiger partial charge in [0, 0.05) is 34.2 Å². The summed E-state index contributed by atoms with van der Waals surface area (Å²) in [5.41, 5.74) is 9.41. The highest BCUT2D eigenvalue weighted by Crippen LogP contribution is 2.35. The van der Waals surface area contributed by atoms with E-state index >= 15 is 4.39 Å². The number of methoxy groups -OCH3 is 1. The Hall–Kier alpha value is -3.64. The monoisotopic (exact) mass is 433 g/mol. The van der Waals surface area contributed by atoms with E-state index in [9.17, 15) is 4.79 Å². The summed E-state index contributed by atoms with van der Waals surface area (Å²) in [5.74, 6) is 0.637. The Morgan fingerprint density at radius 1 is 1.03 bits per heavy atom. The zero-order chi connectivity index (χ0) is 22.7. The molecule has 2 N–H and O–H groups in total. The SMILES string of the molecule is COC(=O)Cc1ccccc1OCc1cc(-c2cccc(CN)c2F)c2oc(C)cc2c1. The second-order valence-corrected chi connectivity index (χ2v) is 7.55. The van der Waals surface area contributed by atoms with Crippen LogP contribution < -0.4 is 10.5 Å². The van der Waals surface area contributed by atoms with Gasteiger partial charge in [0.25, 0.3) is 0 Å². The normalized spacial score (nSPS) is 11.0. The maximum Gasteiger partial charge on any atom is 0.310 e. The van der Waals surface area contributed by atoms with Crippen LogP contribution in [0.1, 0.15) is 22.5 Å². The lowest BCUT2D eigenvalue weighted by atomic mass is 9.98. The van der Waals surface area contributed by atoms with E-state index in [4.69, 9.17) is 19.6 Å². The van der Waals surface area contributed by atoms with Crippen LogP contribution in [0.4, 0.5) is 4.39 Å². The highest BCUT2D eigenvalue weighted by Gasteiger charge is 2.17. The second-order valence-electron chi connectivity index (χ2n) is 7.55. The molecule has 32 heavy (non-hydrogen) atoms. The van der Waals surface area contributed by atoms with E-state index in [0.717, 1.165) is 22.3 Å². The predicted molar refractivity (Wildman–Crippen MR) is 121 cm³/mol. The van der Waals surface area contributed by atoms with Crippen LogP contribution in [0.5, 0.6) is 5.75 Å². The molecule has 0 bridgehead atoms. The minimum absolute atomic E-state index is 0.111. The van der Waals surface area contributed by atoms with E-state index in [1.807, 2.05) is 49.4 Å². The number of ether oxygens (including phenoxy) is 2. The lowest BCUT2D eigenvalue weighted by Crippen LogP contribution is -2.07. The average Bonchev–Trinajstić information content (AvgIpc) is 3.18. The summed E-state index contributed by atoms with van der Waals surface area (Å²) in [6, 6.07) is 18.3. The fraction of sp³-hybridized carbons (Fsp3) is 0.192. The molecule has 3 aromatic carbocycles. The molecule has 1 heterocycles. The maximum absolute atomic E-state index is 15.1. The van der Waals surface area contributed by atoms with Crippen LogP contribution in [-0.2, 0) is 29.1 Å². The topological polar surface area (TPSA) is 74.7 Å². The molecular formula is C26H24FNO4. The van der Waals surface area contributed by atoms with Gasteiger partial charge in [-0.3, -0.25) is 4.79 Å². The number of benzene rings is 3. The molecule has 1 aromatic heterocycles. The van der Waals surface area contributed by atoms with Crippen molar-refractivity contribution in [1.29, 1.82) is 0 Å². The Morgan fingerprint density at radius 3 is 2.59 bits per heavy atom. The number of carbonyl (C=O) groups excluding carboxylic acids is 1. The predicted octanol–water partition coefficient (Wildman–Crippen LogP) is 5.30. The third kappa shape index (κ3) is 4.36. The average molecular weight is 433 g/mol. The van der Waals surface area contributed by atoms with Gasteiger partial charge < -0.3 is 19.6 Å². The van der Waals surface area contributed by atoms with Gasteiger partial charge in [0.05, 0.1) is 13.5 Å². The summed E-state index contributed by atoms with van der Waals surface area (Å²) in [5, 5.41) is 0.860. The van der Waals surface area contributed by atoms with Crippen molar-refractivity contribution in [3.05, 3.63) is 88.9 Å². The standard InChI is InChI=1S/C26H24FNO4/c1-16-10-20-11-17(15-31-23-9-4-3-6-18(23)13-24(29)30-2)12-22(26(20)32-16)21-8-5-7-19(14-28)25(21)27/h3-12H,13-15,28H2,1-2H3. The Labute approximate surface area is 185 Å². The van der Waals surface area contributed by atoms with Gasteiger partial charge in [0.1, 0.15) is 29.5 Å². The van der Waals surface area contributed by atoms with Gasteiger partial charge >= 0.3 is 5.97 Å². The molecule has 5 nitrogen and oxygen atoms in total. The fourth-order valence-electron chi connectivity index (χ4n) is 3.75. The van der Waals surface area contributed by atoms with Gasteiger partial charge in [-0.05, 0) is 36.8 Å². The largest absolute Gasteiger partial charge is 0.489 e. The maximum atomic E-state index is 15.1. The van der Waals surface area contributed by atoms with E-state index in [0.29, 0.717) is 28.0 Å². The van der Waals surface area contributed by atoms with Gasteiger partial charge in [0.15, 0.2) is 0 Å². The fourth-order valence-corrected chi connectivity index (χ4v) is 3.75. The molecule has 0 atom stereocenters. The molecule has 0 aliphatic rings. The van der Waals surface area contributed by atoms with Crippen LogP contribution in [-0.4, -0.2) is 13.1 Å². The molecule has 0 saturated carbocycles.